The highest BCUT2D eigenvalue weighted by Crippen LogP contribution is 2.37. The predicted molar refractivity (Wildman–Crippen MR) is 66.4 cm³/mol. The first-order valence-corrected chi connectivity index (χ1v) is 6.93. The first-order chi connectivity index (χ1) is 7.73. The third-order valence-electron chi connectivity index (χ3n) is 4.90. The van der Waals surface area contributed by atoms with Crippen molar-refractivity contribution in [2.24, 2.45) is 11.7 Å². The summed E-state index contributed by atoms with van der Waals surface area (Å²) in [5, 5.41) is 0. The molecule has 16 heavy (non-hydrogen) atoms. The molecule has 2 unspecified atom stereocenters. The van der Waals surface area contributed by atoms with Crippen LogP contribution in [0.25, 0.3) is 0 Å². The summed E-state index contributed by atoms with van der Waals surface area (Å²) in [7, 11) is 0. The van der Waals surface area contributed by atoms with Crippen molar-refractivity contribution in [1.82, 2.24) is 9.80 Å². The van der Waals surface area contributed by atoms with E-state index in [1.165, 1.54) is 51.9 Å². The van der Waals surface area contributed by atoms with Gasteiger partial charge >= 0.3 is 0 Å². The van der Waals surface area contributed by atoms with Crippen molar-refractivity contribution in [1.29, 1.82) is 0 Å². The van der Waals surface area contributed by atoms with Crippen molar-refractivity contribution in [3.8, 4) is 0 Å². The van der Waals surface area contributed by atoms with Gasteiger partial charge in [0, 0.05) is 37.8 Å². The van der Waals surface area contributed by atoms with Crippen LogP contribution in [0.1, 0.15) is 32.6 Å². The van der Waals surface area contributed by atoms with Gasteiger partial charge in [-0.15, -0.1) is 0 Å². The largest absolute Gasteiger partial charge is 0.329 e. The van der Waals surface area contributed by atoms with E-state index >= 15 is 0 Å². The van der Waals surface area contributed by atoms with E-state index in [0.29, 0.717) is 5.54 Å². The molecule has 1 saturated carbocycles. The molecule has 0 bridgehead atoms. The maximum atomic E-state index is 6.11. The predicted octanol–water partition coefficient (Wildman–Crippen LogP) is 0.894. The minimum Gasteiger partial charge on any atom is -0.329 e. The van der Waals surface area contributed by atoms with Gasteiger partial charge in [0.15, 0.2) is 0 Å². The van der Waals surface area contributed by atoms with E-state index in [4.69, 9.17) is 5.73 Å². The maximum absolute atomic E-state index is 6.11. The molecule has 2 N–H and O–H groups in total. The molecule has 0 radical (unpaired) electrons. The monoisotopic (exact) mass is 223 g/mol. The van der Waals surface area contributed by atoms with Gasteiger partial charge in [0.05, 0.1) is 0 Å². The van der Waals surface area contributed by atoms with Crippen LogP contribution in [0.15, 0.2) is 0 Å². The van der Waals surface area contributed by atoms with Gasteiger partial charge in [0.2, 0.25) is 0 Å². The molecule has 2 saturated heterocycles. The molecule has 0 amide bonds. The van der Waals surface area contributed by atoms with E-state index in [2.05, 4.69) is 16.7 Å². The molecular formula is C13H25N3. The van der Waals surface area contributed by atoms with Gasteiger partial charge < -0.3 is 5.73 Å². The van der Waals surface area contributed by atoms with Crippen LogP contribution in [0, 0.1) is 5.92 Å². The van der Waals surface area contributed by atoms with Crippen LogP contribution >= 0.6 is 0 Å². The number of hydrogen-bond donors (Lipinski definition) is 1. The number of nitrogens with two attached hydrogens (primary N) is 1. The molecule has 2 atom stereocenters. The van der Waals surface area contributed by atoms with Crippen molar-refractivity contribution in [2.75, 3.05) is 32.7 Å². The normalized spacial score (nSPS) is 42.0. The minimum atomic E-state index is 0.327. The molecule has 3 aliphatic rings. The van der Waals surface area contributed by atoms with Crippen molar-refractivity contribution in [2.45, 2.75) is 44.2 Å². The zero-order valence-corrected chi connectivity index (χ0v) is 10.5. The Morgan fingerprint density at radius 2 is 2.06 bits per heavy atom. The average molecular weight is 223 g/mol. The van der Waals surface area contributed by atoms with Crippen molar-refractivity contribution in [3.63, 3.8) is 0 Å². The molecule has 3 fully saturated rings. The Bertz CT molecular complexity index is 264. The van der Waals surface area contributed by atoms with Crippen LogP contribution in [0.4, 0.5) is 0 Å². The average Bonchev–Trinajstić information content (AvgIpc) is 2.89. The van der Waals surface area contributed by atoms with Crippen LogP contribution in [0.3, 0.4) is 0 Å². The summed E-state index contributed by atoms with van der Waals surface area (Å²) in [6.45, 7) is 8.29. The topological polar surface area (TPSA) is 32.5 Å². The summed E-state index contributed by atoms with van der Waals surface area (Å²) < 4.78 is 0. The fraction of sp³-hybridized carbons (Fsp3) is 1.00. The van der Waals surface area contributed by atoms with E-state index in [-0.39, 0.29) is 0 Å². The molecule has 2 heterocycles. The Balaban J connectivity index is 1.69. The van der Waals surface area contributed by atoms with Gasteiger partial charge in [-0.3, -0.25) is 9.80 Å². The van der Waals surface area contributed by atoms with E-state index in [1.54, 1.807) is 0 Å². The fourth-order valence-electron chi connectivity index (χ4n) is 3.56. The lowest BCUT2D eigenvalue weighted by molar-refractivity contribution is 0.122. The summed E-state index contributed by atoms with van der Waals surface area (Å²) in [6.07, 6.45) is 5.52. The zero-order valence-electron chi connectivity index (χ0n) is 10.5. The second-order valence-corrected chi connectivity index (χ2v) is 6.22. The van der Waals surface area contributed by atoms with E-state index < -0.39 is 0 Å². The molecule has 92 valence electrons. The molecular weight excluding hydrogens is 198 g/mol. The molecule has 1 aliphatic carbocycles. The van der Waals surface area contributed by atoms with Crippen LogP contribution in [-0.4, -0.2) is 54.1 Å². The first kappa shape index (κ1) is 11.0. The maximum Gasteiger partial charge on any atom is 0.0470 e. The SMILES string of the molecule is CC1CCN(C2(CN)CCN(C3CC3)C2)C1. The van der Waals surface area contributed by atoms with Gasteiger partial charge in [-0.25, -0.2) is 0 Å². The lowest BCUT2D eigenvalue weighted by Crippen LogP contribution is -2.54. The highest BCUT2D eigenvalue weighted by Gasteiger charge is 2.46. The Morgan fingerprint density at radius 1 is 1.25 bits per heavy atom. The van der Waals surface area contributed by atoms with Crippen molar-refractivity contribution in [3.05, 3.63) is 0 Å². The molecule has 2 aliphatic heterocycles. The molecule has 3 heteroatoms. The van der Waals surface area contributed by atoms with E-state index in [0.717, 1.165) is 18.5 Å². The third-order valence-corrected chi connectivity index (χ3v) is 4.90. The highest BCUT2D eigenvalue weighted by molar-refractivity contribution is 5.04. The Kier molecular flexibility index (Phi) is 2.73. The van der Waals surface area contributed by atoms with Gasteiger partial charge in [0.25, 0.3) is 0 Å². The van der Waals surface area contributed by atoms with Crippen LogP contribution in [0.5, 0.6) is 0 Å². The zero-order chi connectivity index (χ0) is 11.2. The highest BCUT2D eigenvalue weighted by atomic mass is 15.3. The van der Waals surface area contributed by atoms with Gasteiger partial charge in [-0.05, 0) is 38.1 Å². The van der Waals surface area contributed by atoms with E-state index in [1.807, 2.05) is 0 Å². The summed E-state index contributed by atoms with van der Waals surface area (Å²) in [4.78, 5) is 5.38. The number of rotatable bonds is 3. The van der Waals surface area contributed by atoms with Gasteiger partial charge in [0.1, 0.15) is 0 Å². The Hall–Kier alpha value is -0.120. The second kappa shape index (κ2) is 3.97. The number of hydrogen-bond acceptors (Lipinski definition) is 3. The standard InChI is InChI=1S/C13H25N3/c1-11-4-6-16(8-11)13(9-14)5-7-15(10-13)12-2-3-12/h11-12H,2-10,14H2,1H3. The molecule has 3 rings (SSSR count). The lowest BCUT2D eigenvalue weighted by Gasteiger charge is -2.38. The first-order valence-electron chi connectivity index (χ1n) is 6.93. The summed E-state index contributed by atoms with van der Waals surface area (Å²) in [6, 6.07) is 0.911. The van der Waals surface area contributed by atoms with Gasteiger partial charge in [-0.1, -0.05) is 6.92 Å². The second-order valence-electron chi connectivity index (χ2n) is 6.22. The molecule has 0 aromatic rings. The molecule has 0 aromatic carbocycles. The number of nitrogens with zero attached hydrogens (tertiary/aromatic N) is 2. The third kappa shape index (κ3) is 1.79. The molecule has 0 aromatic heterocycles. The van der Waals surface area contributed by atoms with Crippen molar-refractivity contribution < 1.29 is 0 Å². The minimum absolute atomic E-state index is 0.327. The Morgan fingerprint density at radius 3 is 2.62 bits per heavy atom. The Labute approximate surface area is 99.0 Å². The summed E-state index contributed by atoms with van der Waals surface area (Å²) >= 11 is 0. The molecule has 3 nitrogen and oxygen atoms in total. The summed E-state index contributed by atoms with van der Waals surface area (Å²) in [5.74, 6) is 0.874. The van der Waals surface area contributed by atoms with E-state index in [9.17, 15) is 0 Å². The van der Waals surface area contributed by atoms with Crippen molar-refractivity contribution >= 4 is 0 Å². The quantitative estimate of drug-likeness (QED) is 0.771. The molecule has 0 spiro atoms. The van der Waals surface area contributed by atoms with Gasteiger partial charge in [-0.2, -0.15) is 0 Å². The van der Waals surface area contributed by atoms with Crippen LogP contribution in [0.2, 0.25) is 0 Å². The lowest BCUT2D eigenvalue weighted by atomic mass is 9.96. The van der Waals surface area contributed by atoms with Crippen LogP contribution < -0.4 is 5.73 Å². The summed E-state index contributed by atoms with van der Waals surface area (Å²) in [5.41, 5.74) is 6.44. The van der Waals surface area contributed by atoms with Crippen LogP contribution in [-0.2, 0) is 0 Å². The smallest absolute Gasteiger partial charge is 0.0470 e. The number of likely N-dealkylation sites (tertiary alicyclic amines) is 2. The fourth-order valence-corrected chi connectivity index (χ4v) is 3.56.